The number of benzene rings is 1. The van der Waals surface area contributed by atoms with E-state index in [9.17, 15) is 4.79 Å². The Morgan fingerprint density at radius 1 is 1.25 bits per heavy atom. The summed E-state index contributed by atoms with van der Waals surface area (Å²) in [4.78, 5) is 11.9. The van der Waals surface area contributed by atoms with E-state index in [0.29, 0.717) is 0 Å². The van der Waals surface area contributed by atoms with Crippen molar-refractivity contribution >= 4 is 5.78 Å². The average Bonchev–Trinajstić information content (AvgIpc) is 2.24. The molecule has 1 rings (SSSR count). The number of unbranched alkanes of at least 4 members (excludes halogenated alkanes) is 1. The Kier molecular flexibility index (Phi) is 4.72. The Hall–Kier alpha value is -1.11. The summed E-state index contributed by atoms with van der Waals surface area (Å²) in [5, 5.41) is 0. The van der Waals surface area contributed by atoms with Gasteiger partial charge in [-0.05, 0) is 37.5 Å². The first kappa shape index (κ1) is 13.0. The van der Waals surface area contributed by atoms with Crippen LogP contribution in [0.5, 0.6) is 0 Å². The van der Waals surface area contributed by atoms with Crippen molar-refractivity contribution in [3.63, 3.8) is 0 Å². The molecule has 0 aliphatic rings. The second kappa shape index (κ2) is 5.83. The van der Waals surface area contributed by atoms with Crippen molar-refractivity contribution in [1.29, 1.82) is 0 Å². The van der Waals surface area contributed by atoms with Crippen molar-refractivity contribution < 1.29 is 4.79 Å². The molecule has 0 radical (unpaired) electrons. The Bertz CT molecular complexity index is 364. The van der Waals surface area contributed by atoms with Crippen LogP contribution in [0.4, 0.5) is 0 Å². The predicted octanol–water partition coefficient (Wildman–Crippen LogP) is 4.18. The third-order valence-electron chi connectivity index (χ3n) is 2.77. The van der Waals surface area contributed by atoms with Crippen molar-refractivity contribution in [2.75, 3.05) is 0 Å². The summed E-state index contributed by atoms with van der Waals surface area (Å²) in [6.45, 7) is 8.16. The van der Waals surface area contributed by atoms with E-state index in [1.807, 2.05) is 19.9 Å². The molecule has 1 nitrogen and oxygen atoms in total. The molecule has 16 heavy (non-hydrogen) atoms. The summed E-state index contributed by atoms with van der Waals surface area (Å²) < 4.78 is 0. The normalized spacial score (nSPS) is 10.8. The second-order valence-corrected chi connectivity index (χ2v) is 4.83. The zero-order valence-corrected chi connectivity index (χ0v) is 10.8. The van der Waals surface area contributed by atoms with Gasteiger partial charge in [-0.3, -0.25) is 4.79 Å². The molecule has 0 heterocycles. The van der Waals surface area contributed by atoms with Crippen LogP contribution in [0.2, 0.25) is 0 Å². The van der Waals surface area contributed by atoms with Gasteiger partial charge in [0.15, 0.2) is 5.78 Å². The summed E-state index contributed by atoms with van der Waals surface area (Å²) in [6.07, 6.45) is 3.47. The minimum atomic E-state index is 0.0841. The highest BCUT2D eigenvalue weighted by Crippen LogP contribution is 2.15. The number of hydrogen-bond donors (Lipinski definition) is 0. The van der Waals surface area contributed by atoms with Gasteiger partial charge in [0.2, 0.25) is 0 Å². The molecule has 0 N–H and O–H groups in total. The number of hydrogen-bond acceptors (Lipinski definition) is 1. The van der Waals surface area contributed by atoms with E-state index >= 15 is 0 Å². The maximum Gasteiger partial charge on any atom is 0.165 e. The molecule has 0 aromatic heterocycles. The van der Waals surface area contributed by atoms with Gasteiger partial charge >= 0.3 is 0 Å². The van der Waals surface area contributed by atoms with Crippen molar-refractivity contribution in [2.24, 2.45) is 5.92 Å². The van der Waals surface area contributed by atoms with Gasteiger partial charge < -0.3 is 0 Å². The number of Topliss-reactive ketones (excluding diaryl/α,β-unsaturated/α-hetero) is 1. The van der Waals surface area contributed by atoms with E-state index in [4.69, 9.17) is 0 Å². The molecule has 0 saturated carbocycles. The molecule has 0 aliphatic carbocycles. The Morgan fingerprint density at radius 3 is 2.50 bits per heavy atom. The molecule has 0 spiro atoms. The fourth-order valence-electron chi connectivity index (χ4n) is 1.86. The van der Waals surface area contributed by atoms with E-state index in [1.54, 1.807) is 0 Å². The minimum absolute atomic E-state index is 0.0841. The summed E-state index contributed by atoms with van der Waals surface area (Å²) in [5.41, 5.74) is 3.37. The first-order valence-electron chi connectivity index (χ1n) is 6.19. The highest BCUT2D eigenvalue weighted by atomic mass is 16.1. The molecule has 0 amide bonds. The van der Waals surface area contributed by atoms with Gasteiger partial charge in [-0.1, -0.05) is 38.8 Å². The maximum atomic E-state index is 11.9. The number of carbonyl (C=O) groups is 1. The van der Waals surface area contributed by atoms with E-state index in [1.165, 1.54) is 24.0 Å². The lowest BCUT2D eigenvalue weighted by Gasteiger charge is -2.08. The molecular formula is C15H22O. The van der Waals surface area contributed by atoms with Gasteiger partial charge in [0.1, 0.15) is 0 Å². The van der Waals surface area contributed by atoms with Crippen LogP contribution in [0.15, 0.2) is 18.2 Å². The Balaban J connectivity index is 2.93. The van der Waals surface area contributed by atoms with E-state index in [-0.39, 0.29) is 11.7 Å². The SMILES string of the molecule is CCCCc1cc(C)cc(C(=O)C(C)C)c1. The van der Waals surface area contributed by atoms with E-state index in [0.717, 1.165) is 12.0 Å². The van der Waals surface area contributed by atoms with Gasteiger partial charge in [-0.25, -0.2) is 0 Å². The topological polar surface area (TPSA) is 17.1 Å². The van der Waals surface area contributed by atoms with Gasteiger partial charge in [-0.15, -0.1) is 0 Å². The van der Waals surface area contributed by atoms with Crippen LogP contribution < -0.4 is 0 Å². The highest BCUT2D eigenvalue weighted by molar-refractivity contribution is 5.97. The molecule has 0 atom stereocenters. The average molecular weight is 218 g/mol. The van der Waals surface area contributed by atoms with Crippen molar-refractivity contribution in [2.45, 2.75) is 47.0 Å². The summed E-state index contributed by atoms with van der Waals surface area (Å²) in [7, 11) is 0. The lowest BCUT2D eigenvalue weighted by atomic mass is 9.96. The molecule has 1 heteroatoms. The summed E-state index contributed by atoms with van der Waals surface area (Å²) in [6, 6.07) is 6.25. The van der Waals surface area contributed by atoms with Crippen LogP contribution in [0, 0.1) is 12.8 Å². The van der Waals surface area contributed by atoms with Crippen molar-refractivity contribution in [3.05, 3.63) is 34.9 Å². The third-order valence-corrected chi connectivity index (χ3v) is 2.77. The highest BCUT2D eigenvalue weighted by Gasteiger charge is 2.11. The van der Waals surface area contributed by atoms with Gasteiger partial charge in [-0.2, -0.15) is 0 Å². The molecule has 1 aromatic rings. The molecule has 0 bridgehead atoms. The van der Waals surface area contributed by atoms with Crippen LogP contribution in [0.3, 0.4) is 0 Å². The molecule has 1 aromatic carbocycles. The van der Waals surface area contributed by atoms with Crippen molar-refractivity contribution in [1.82, 2.24) is 0 Å². The fourth-order valence-corrected chi connectivity index (χ4v) is 1.86. The summed E-state index contributed by atoms with van der Waals surface area (Å²) in [5.74, 6) is 0.335. The van der Waals surface area contributed by atoms with Crippen LogP contribution in [0.25, 0.3) is 0 Å². The van der Waals surface area contributed by atoms with Crippen molar-refractivity contribution in [3.8, 4) is 0 Å². The van der Waals surface area contributed by atoms with Crippen LogP contribution in [0.1, 0.15) is 55.1 Å². The predicted molar refractivity (Wildman–Crippen MR) is 69.0 cm³/mol. The number of aryl methyl sites for hydroxylation is 2. The molecule has 0 unspecified atom stereocenters. The smallest absolute Gasteiger partial charge is 0.165 e. The molecule has 88 valence electrons. The minimum Gasteiger partial charge on any atom is -0.294 e. The van der Waals surface area contributed by atoms with E-state index < -0.39 is 0 Å². The van der Waals surface area contributed by atoms with Gasteiger partial charge in [0.25, 0.3) is 0 Å². The van der Waals surface area contributed by atoms with E-state index in [2.05, 4.69) is 26.0 Å². The first-order chi connectivity index (χ1) is 7.54. The maximum absolute atomic E-state index is 11.9. The monoisotopic (exact) mass is 218 g/mol. The molecule has 0 saturated heterocycles. The lowest BCUT2D eigenvalue weighted by Crippen LogP contribution is -2.08. The number of ketones is 1. The van der Waals surface area contributed by atoms with Crippen LogP contribution >= 0.6 is 0 Å². The third kappa shape index (κ3) is 3.48. The molecule has 0 aliphatic heterocycles. The number of rotatable bonds is 5. The Labute approximate surface area is 98.9 Å². The molecular weight excluding hydrogens is 196 g/mol. The quantitative estimate of drug-likeness (QED) is 0.678. The van der Waals surface area contributed by atoms with Crippen LogP contribution in [-0.2, 0) is 6.42 Å². The van der Waals surface area contributed by atoms with Gasteiger partial charge in [0, 0.05) is 11.5 Å². The lowest BCUT2D eigenvalue weighted by molar-refractivity contribution is 0.0939. The Morgan fingerprint density at radius 2 is 1.94 bits per heavy atom. The standard InChI is InChI=1S/C15H22O/c1-5-6-7-13-8-12(4)9-14(10-13)15(16)11(2)3/h8-11H,5-7H2,1-4H3. The fraction of sp³-hybridized carbons (Fsp3) is 0.533. The van der Waals surface area contributed by atoms with Crippen LogP contribution in [-0.4, -0.2) is 5.78 Å². The van der Waals surface area contributed by atoms with Gasteiger partial charge in [0.05, 0.1) is 0 Å². The molecule has 0 fully saturated rings. The summed E-state index contributed by atoms with van der Waals surface area (Å²) >= 11 is 0. The second-order valence-electron chi connectivity index (χ2n) is 4.83. The number of carbonyl (C=O) groups excluding carboxylic acids is 1. The first-order valence-corrected chi connectivity index (χ1v) is 6.19. The largest absolute Gasteiger partial charge is 0.294 e. The zero-order chi connectivity index (χ0) is 12.1. The zero-order valence-electron chi connectivity index (χ0n) is 10.8.